The summed E-state index contributed by atoms with van der Waals surface area (Å²) < 4.78 is 8.16. The maximum absolute atomic E-state index is 10.3. The molecule has 1 fully saturated rings. The summed E-state index contributed by atoms with van der Waals surface area (Å²) in [5.74, 6) is 0.635. The smallest absolute Gasteiger partial charge is 0.164 e. The van der Waals surface area contributed by atoms with Crippen molar-refractivity contribution in [2.45, 2.75) is 24.5 Å². The number of benzene rings is 1. The van der Waals surface area contributed by atoms with Crippen LogP contribution >= 0.6 is 22.6 Å². The normalized spacial score (nSPS) is 25.7. The van der Waals surface area contributed by atoms with Crippen molar-refractivity contribution in [1.29, 1.82) is 0 Å². The van der Waals surface area contributed by atoms with Gasteiger partial charge in [0.15, 0.2) is 6.23 Å². The molecule has 3 heterocycles. The lowest BCUT2D eigenvalue weighted by molar-refractivity contribution is -0.0509. The Hall–Kier alpha value is -1.79. The van der Waals surface area contributed by atoms with Gasteiger partial charge in [0.2, 0.25) is 0 Å². The molecule has 0 unspecified atom stereocenters. The van der Waals surface area contributed by atoms with E-state index in [4.69, 9.17) is 4.74 Å². The fourth-order valence-electron chi connectivity index (χ4n) is 3.10. The summed E-state index contributed by atoms with van der Waals surface area (Å²) in [5.41, 5.74) is 1.46. The molecule has 0 amide bonds. The highest BCUT2D eigenvalue weighted by Gasteiger charge is 2.44. The summed E-state index contributed by atoms with van der Waals surface area (Å²) in [6.07, 6.45) is -0.790. The molecule has 2 aromatic heterocycles. The van der Waals surface area contributed by atoms with E-state index in [0.717, 1.165) is 14.6 Å². The average molecular weight is 468 g/mol. The Morgan fingerprint density at radius 1 is 1.15 bits per heavy atom. The van der Waals surface area contributed by atoms with Crippen LogP contribution in [0.25, 0.3) is 11.0 Å². The second kappa shape index (κ2) is 7.08. The van der Waals surface area contributed by atoms with Crippen molar-refractivity contribution in [2.75, 3.05) is 11.9 Å². The molecule has 8 nitrogen and oxygen atoms in total. The number of aromatic nitrogens is 3. The molecule has 0 spiro atoms. The zero-order valence-corrected chi connectivity index (χ0v) is 15.7. The number of nitrogens with one attached hydrogen (secondary N) is 1. The molecular weight excluding hydrogens is 451 g/mol. The van der Waals surface area contributed by atoms with Crippen molar-refractivity contribution in [3.05, 3.63) is 46.4 Å². The quantitative estimate of drug-likeness (QED) is 0.429. The van der Waals surface area contributed by atoms with Crippen LogP contribution in [0.1, 0.15) is 6.23 Å². The maximum Gasteiger partial charge on any atom is 0.164 e. The van der Waals surface area contributed by atoms with E-state index in [9.17, 15) is 15.3 Å². The average Bonchev–Trinajstić information content (AvgIpc) is 3.14. The standard InChI is InChI=1S/C17H17IN4O4/c18-10-6-22(17-14(25)13(24)11(7-23)26-17)16-12(10)15(19-8-20-16)21-9-4-2-1-3-5-9/h1-6,8,11,13-14,17,23-25H,7H2,(H,19,20,21)/t11-,13+,14+,17+/m0/s1. The van der Waals surface area contributed by atoms with Gasteiger partial charge in [-0.25, -0.2) is 9.97 Å². The van der Waals surface area contributed by atoms with E-state index in [0.29, 0.717) is 11.5 Å². The molecule has 1 saturated heterocycles. The highest BCUT2D eigenvalue weighted by atomic mass is 127. The highest BCUT2D eigenvalue weighted by molar-refractivity contribution is 14.1. The first-order chi connectivity index (χ1) is 12.6. The largest absolute Gasteiger partial charge is 0.394 e. The fraction of sp³-hybridized carbons (Fsp3) is 0.294. The van der Waals surface area contributed by atoms with Crippen LogP contribution in [0.5, 0.6) is 0 Å². The van der Waals surface area contributed by atoms with Crippen molar-refractivity contribution >= 4 is 45.1 Å². The number of aliphatic hydroxyl groups excluding tert-OH is 3. The van der Waals surface area contributed by atoms with E-state index >= 15 is 0 Å². The lowest BCUT2D eigenvalue weighted by Crippen LogP contribution is -2.33. The van der Waals surface area contributed by atoms with Crippen LogP contribution in [-0.4, -0.2) is 54.8 Å². The summed E-state index contributed by atoms with van der Waals surface area (Å²) >= 11 is 2.17. The SMILES string of the molecule is OC[C@@H]1O[C@@H](n2cc(I)c3c(Nc4ccccc4)ncnc32)[C@H](O)[C@@H]1O. The van der Waals surface area contributed by atoms with Gasteiger partial charge >= 0.3 is 0 Å². The van der Waals surface area contributed by atoms with Gasteiger partial charge < -0.3 is 29.9 Å². The molecule has 0 radical (unpaired) electrons. The van der Waals surface area contributed by atoms with Crippen LogP contribution in [0.3, 0.4) is 0 Å². The first-order valence-electron chi connectivity index (χ1n) is 8.05. The molecule has 0 bridgehead atoms. The van der Waals surface area contributed by atoms with Crippen LogP contribution in [0.2, 0.25) is 0 Å². The van der Waals surface area contributed by atoms with Gasteiger partial charge in [-0.15, -0.1) is 0 Å². The summed E-state index contributed by atoms with van der Waals surface area (Å²) in [5, 5.41) is 33.7. The Bertz CT molecular complexity index is 920. The Labute approximate surface area is 162 Å². The number of hydrogen-bond donors (Lipinski definition) is 4. The van der Waals surface area contributed by atoms with Gasteiger partial charge in [-0.2, -0.15) is 0 Å². The third kappa shape index (κ3) is 2.95. The maximum atomic E-state index is 10.3. The highest BCUT2D eigenvalue weighted by Crippen LogP contribution is 2.36. The number of halogens is 1. The van der Waals surface area contributed by atoms with Crippen molar-refractivity contribution in [2.24, 2.45) is 0 Å². The molecular formula is C17H17IN4O4. The van der Waals surface area contributed by atoms with E-state index < -0.39 is 24.5 Å². The number of para-hydroxylation sites is 1. The number of nitrogens with zero attached hydrogens (tertiary/aromatic N) is 3. The van der Waals surface area contributed by atoms with Crippen LogP contribution in [-0.2, 0) is 4.74 Å². The summed E-state index contributed by atoms with van der Waals surface area (Å²) in [4.78, 5) is 8.67. The van der Waals surface area contributed by atoms with Crippen molar-refractivity contribution in [3.8, 4) is 0 Å². The Morgan fingerprint density at radius 2 is 1.92 bits per heavy atom. The molecule has 0 saturated carbocycles. The number of fused-ring (bicyclic) bond motifs is 1. The van der Waals surface area contributed by atoms with Crippen LogP contribution in [0, 0.1) is 3.57 Å². The van der Waals surface area contributed by atoms with Crippen LogP contribution in [0.4, 0.5) is 11.5 Å². The van der Waals surface area contributed by atoms with Crippen LogP contribution in [0.15, 0.2) is 42.9 Å². The monoisotopic (exact) mass is 468 g/mol. The second-order valence-electron chi connectivity index (χ2n) is 6.03. The van der Waals surface area contributed by atoms with Gasteiger partial charge in [0.05, 0.1) is 12.0 Å². The van der Waals surface area contributed by atoms with Crippen LogP contribution < -0.4 is 5.32 Å². The third-order valence-electron chi connectivity index (χ3n) is 4.39. The zero-order chi connectivity index (χ0) is 18.3. The molecule has 1 aromatic carbocycles. The van der Waals surface area contributed by atoms with Gasteiger partial charge in [-0.1, -0.05) is 18.2 Å². The minimum absolute atomic E-state index is 0.374. The first-order valence-corrected chi connectivity index (χ1v) is 9.13. The van der Waals surface area contributed by atoms with Crippen molar-refractivity contribution in [1.82, 2.24) is 14.5 Å². The molecule has 1 aliphatic rings. The minimum Gasteiger partial charge on any atom is -0.394 e. The zero-order valence-electron chi connectivity index (χ0n) is 13.5. The fourth-order valence-corrected chi connectivity index (χ4v) is 3.89. The van der Waals surface area contributed by atoms with E-state index in [1.54, 1.807) is 10.8 Å². The molecule has 136 valence electrons. The number of rotatable bonds is 4. The van der Waals surface area contributed by atoms with Gasteiger partial charge in [0, 0.05) is 15.5 Å². The molecule has 9 heteroatoms. The van der Waals surface area contributed by atoms with E-state index in [1.165, 1.54) is 6.33 Å². The van der Waals surface area contributed by atoms with Gasteiger partial charge in [-0.05, 0) is 34.7 Å². The number of ether oxygens (including phenoxy) is 1. The molecule has 3 aromatic rings. The topological polar surface area (TPSA) is 113 Å². The van der Waals surface area contributed by atoms with Gasteiger partial charge in [0.25, 0.3) is 0 Å². The lowest BCUT2D eigenvalue weighted by atomic mass is 10.1. The van der Waals surface area contributed by atoms with E-state index in [1.807, 2.05) is 30.3 Å². The Balaban J connectivity index is 1.76. The Morgan fingerprint density at radius 3 is 2.62 bits per heavy atom. The van der Waals surface area contributed by atoms with Crippen molar-refractivity contribution < 1.29 is 20.1 Å². The van der Waals surface area contributed by atoms with E-state index in [2.05, 4.69) is 37.9 Å². The first kappa shape index (κ1) is 17.6. The molecule has 4 rings (SSSR count). The number of aliphatic hydroxyl groups is 3. The van der Waals surface area contributed by atoms with Crippen molar-refractivity contribution in [3.63, 3.8) is 0 Å². The minimum atomic E-state index is -1.17. The predicted octanol–water partition coefficient (Wildman–Crippen LogP) is 1.39. The summed E-state index contributed by atoms with van der Waals surface area (Å²) in [6, 6.07) is 9.66. The van der Waals surface area contributed by atoms with Gasteiger partial charge in [0.1, 0.15) is 36.1 Å². The second-order valence-corrected chi connectivity index (χ2v) is 7.19. The molecule has 1 aliphatic heterocycles. The molecule has 0 aliphatic carbocycles. The predicted molar refractivity (Wildman–Crippen MR) is 103 cm³/mol. The number of anilines is 2. The number of hydrogen-bond acceptors (Lipinski definition) is 7. The van der Waals surface area contributed by atoms with Gasteiger partial charge in [-0.3, -0.25) is 0 Å². The molecule has 4 atom stereocenters. The molecule has 4 N–H and O–H groups in total. The third-order valence-corrected chi connectivity index (χ3v) is 5.21. The Kier molecular flexibility index (Phi) is 4.80. The molecule has 26 heavy (non-hydrogen) atoms. The van der Waals surface area contributed by atoms with E-state index in [-0.39, 0.29) is 6.61 Å². The lowest BCUT2D eigenvalue weighted by Gasteiger charge is -2.17. The summed E-state index contributed by atoms with van der Waals surface area (Å²) in [7, 11) is 0. The summed E-state index contributed by atoms with van der Waals surface area (Å²) in [6.45, 7) is -0.374.